The van der Waals surface area contributed by atoms with Crippen LogP contribution in [0.25, 0.3) is 0 Å². The molecule has 1 unspecified atom stereocenters. The van der Waals surface area contributed by atoms with Gasteiger partial charge in [0.05, 0.1) is 4.92 Å². The highest BCUT2D eigenvalue weighted by molar-refractivity contribution is 5.57. The Morgan fingerprint density at radius 1 is 1.37 bits per heavy atom. The van der Waals surface area contributed by atoms with Crippen LogP contribution in [-0.2, 0) is 0 Å². The lowest BCUT2D eigenvalue weighted by atomic mass is 10.0. The van der Waals surface area contributed by atoms with Gasteiger partial charge in [0, 0.05) is 13.1 Å². The van der Waals surface area contributed by atoms with Crippen LogP contribution in [0.2, 0.25) is 0 Å². The lowest BCUT2D eigenvalue weighted by molar-refractivity contribution is -0.384. The Balaban J connectivity index is 2.82. The maximum atomic E-state index is 10.9. The lowest BCUT2D eigenvalue weighted by Gasteiger charge is -2.15. The summed E-state index contributed by atoms with van der Waals surface area (Å²) in [6, 6.07) is 0.126. The molecular formula is C12H21N5O2. The van der Waals surface area contributed by atoms with Gasteiger partial charge in [0.1, 0.15) is 6.20 Å². The fourth-order valence-corrected chi connectivity index (χ4v) is 1.62. The zero-order chi connectivity index (χ0) is 14.4. The Morgan fingerprint density at radius 2 is 2.05 bits per heavy atom. The number of hydrogen-bond donors (Lipinski definition) is 2. The van der Waals surface area contributed by atoms with Crippen molar-refractivity contribution < 1.29 is 4.92 Å². The van der Waals surface area contributed by atoms with Gasteiger partial charge in [0.15, 0.2) is 0 Å². The third kappa shape index (κ3) is 4.69. The van der Waals surface area contributed by atoms with Crippen molar-refractivity contribution in [3.05, 3.63) is 16.3 Å². The first kappa shape index (κ1) is 15.1. The van der Waals surface area contributed by atoms with Crippen LogP contribution in [0.1, 0.15) is 33.6 Å². The topological polar surface area (TPSA) is 93.0 Å². The van der Waals surface area contributed by atoms with E-state index in [2.05, 4.69) is 34.4 Å². The molecule has 0 bridgehead atoms. The molecule has 0 spiro atoms. The van der Waals surface area contributed by atoms with Crippen molar-refractivity contribution in [1.82, 2.24) is 9.97 Å². The highest BCUT2D eigenvalue weighted by atomic mass is 16.6. The first-order valence-electron chi connectivity index (χ1n) is 6.39. The smallest absolute Gasteiger partial charge is 0.329 e. The molecule has 0 aliphatic heterocycles. The minimum absolute atomic E-state index is 0.101. The minimum atomic E-state index is -0.475. The van der Waals surface area contributed by atoms with E-state index in [1.807, 2.05) is 6.92 Å². The van der Waals surface area contributed by atoms with Gasteiger partial charge in [0.25, 0.3) is 0 Å². The zero-order valence-electron chi connectivity index (χ0n) is 11.8. The molecular weight excluding hydrogens is 246 g/mol. The van der Waals surface area contributed by atoms with Crippen LogP contribution in [0.3, 0.4) is 0 Å². The number of nitro groups is 1. The third-order valence-electron chi connectivity index (χ3n) is 2.75. The number of rotatable bonds is 7. The van der Waals surface area contributed by atoms with Gasteiger partial charge in [-0.3, -0.25) is 10.1 Å². The van der Waals surface area contributed by atoms with Gasteiger partial charge in [0.2, 0.25) is 11.8 Å². The summed E-state index contributed by atoms with van der Waals surface area (Å²) < 4.78 is 0. The third-order valence-corrected chi connectivity index (χ3v) is 2.75. The van der Waals surface area contributed by atoms with Gasteiger partial charge in [-0.05, 0) is 25.7 Å². The van der Waals surface area contributed by atoms with Crippen LogP contribution < -0.4 is 10.6 Å². The van der Waals surface area contributed by atoms with Crippen molar-refractivity contribution in [2.24, 2.45) is 5.92 Å². The van der Waals surface area contributed by atoms with E-state index in [4.69, 9.17) is 0 Å². The Labute approximate surface area is 113 Å². The second kappa shape index (κ2) is 6.86. The normalized spacial score (nSPS) is 12.3. The first-order valence-corrected chi connectivity index (χ1v) is 6.39. The lowest BCUT2D eigenvalue weighted by Crippen LogP contribution is -2.18. The monoisotopic (exact) mass is 267 g/mol. The number of aromatic nitrogens is 2. The van der Waals surface area contributed by atoms with E-state index in [0.717, 1.165) is 12.8 Å². The maximum absolute atomic E-state index is 10.9. The summed E-state index contributed by atoms with van der Waals surface area (Å²) in [6.45, 7) is 6.30. The average Bonchev–Trinajstić information content (AvgIpc) is 2.35. The summed E-state index contributed by atoms with van der Waals surface area (Å²) in [7, 11) is 1.67. The fourth-order valence-electron chi connectivity index (χ4n) is 1.62. The van der Waals surface area contributed by atoms with E-state index in [9.17, 15) is 10.1 Å². The van der Waals surface area contributed by atoms with Crippen LogP contribution in [-0.4, -0.2) is 28.0 Å². The molecule has 0 aliphatic rings. The standard InChI is InChI=1S/C12H21N5O2/c1-8(2)5-6-9(3)15-11-10(17(18)19)7-14-12(13-4)16-11/h7-9H,5-6H2,1-4H3,(H2,13,14,15,16). The second-order valence-corrected chi connectivity index (χ2v) is 4.95. The van der Waals surface area contributed by atoms with E-state index in [1.165, 1.54) is 6.20 Å². The number of anilines is 2. The summed E-state index contributed by atoms with van der Waals surface area (Å²) >= 11 is 0. The van der Waals surface area contributed by atoms with Crippen LogP contribution in [0, 0.1) is 16.0 Å². The van der Waals surface area contributed by atoms with Crippen LogP contribution >= 0.6 is 0 Å². The van der Waals surface area contributed by atoms with Gasteiger partial charge in [-0.2, -0.15) is 4.98 Å². The summed E-state index contributed by atoms with van der Waals surface area (Å²) in [5, 5.41) is 16.8. The number of nitrogens with zero attached hydrogens (tertiary/aromatic N) is 3. The van der Waals surface area contributed by atoms with Gasteiger partial charge in [-0.15, -0.1) is 0 Å². The molecule has 0 radical (unpaired) electrons. The van der Waals surface area contributed by atoms with Gasteiger partial charge < -0.3 is 10.6 Å². The predicted octanol–water partition coefficient (Wildman–Crippen LogP) is 2.66. The molecule has 1 rings (SSSR count). The van der Waals surface area contributed by atoms with Crippen molar-refractivity contribution in [3.8, 4) is 0 Å². The largest absolute Gasteiger partial charge is 0.362 e. The molecule has 0 aromatic carbocycles. The fraction of sp³-hybridized carbons (Fsp3) is 0.667. The summed E-state index contributed by atoms with van der Waals surface area (Å²) in [5.74, 6) is 1.24. The van der Waals surface area contributed by atoms with Crippen LogP contribution in [0.15, 0.2) is 6.20 Å². The Bertz CT molecular complexity index is 436. The molecule has 7 nitrogen and oxygen atoms in total. The summed E-state index contributed by atoms with van der Waals surface area (Å²) in [5.41, 5.74) is -0.101. The average molecular weight is 267 g/mol. The zero-order valence-corrected chi connectivity index (χ0v) is 11.8. The molecule has 19 heavy (non-hydrogen) atoms. The number of hydrogen-bond acceptors (Lipinski definition) is 6. The Kier molecular flexibility index (Phi) is 5.47. The quantitative estimate of drug-likeness (QED) is 0.582. The van der Waals surface area contributed by atoms with Gasteiger partial charge in [-0.1, -0.05) is 13.8 Å². The molecule has 0 saturated carbocycles. The molecule has 0 saturated heterocycles. The van der Waals surface area contributed by atoms with E-state index in [-0.39, 0.29) is 17.5 Å². The molecule has 0 fully saturated rings. The molecule has 1 atom stereocenters. The molecule has 106 valence electrons. The second-order valence-electron chi connectivity index (χ2n) is 4.95. The molecule has 1 heterocycles. The molecule has 0 amide bonds. The van der Waals surface area contributed by atoms with E-state index < -0.39 is 4.92 Å². The molecule has 7 heteroatoms. The van der Waals surface area contributed by atoms with E-state index in [1.54, 1.807) is 7.05 Å². The SMILES string of the molecule is CNc1ncc([N+](=O)[O-])c(NC(C)CCC(C)C)n1. The molecule has 2 N–H and O–H groups in total. The van der Waals surface area contributed by atoms with E-state index in [0.29, 0.717) is 11.9 Å². The minimum Gasteiger partial charge on any atom is -0.362 e. The van der Waals surface area contributed by atoms with Crippen LogP contribution in [0.4, 0.5) is 17.5 Å². The highest BCUT2D eigenvalue weighted by Crippen LogP contribution is 2.23. The van der Waals surface area contributed by atoms with Crippen molar-refractivity contribution >= 4 is 17.5 Å². The summed E-state index contributed by atoms with van der Waals surface area (Å²) in [6.07, 6.45) is 3.22. The van der Waals surface area contributed by atoms with Gasteiger partial charge >= 0.3 is 5.69 Å². The number of nitrogens with one attached hydrogen (secondary N) is 2. The molecule has 0 aliphatic carbocycles. The first-order chi connectivity index (χ1) is 8.93. The molecule has 1 aromatic heterocycles. The van der Waals surface area contributed by atoms with Crippen molar-refractivity contribution in [2.45, 2.75) is 39.7 Å². The Morgan fingerprint density at radius 3 is 2.58 bits per heavy atom. The van der Waals surface area contributed by atoms with Crippen LogP contribution in [0.5, 0.6) is 0 Å². The van der Waals surface area contributed by atoms with Gasteiger partial charge in [-0.25, -0.2) is 4.98 Å². The predicted molar refractivity (Wildman–Crippen MR) is 75.4 cm³/mol. The summed E-state index contributed by atoms with van der Waals surface area (Å²) in [4.78, 5) is 18.4. The maximum Gasteiger partial charge on any atom is 0.329 e. The van der Waals surface area contributed by atoms with Crippen molar-refractivity contribution in [1.29, 1.82) is 0 Å². The van der Waals surface area contributed by atoms with E-state index >= 15 is 0 Å². The van der Waals surface area contributed by atoms with Crippen molar-refractivity contribution in [3.63, 3.8) is 0 Å². The molecule has 1 aromatic rings. The highest BCUT2D eigenvalue weighted by Gasteiger charge is 2.18. The van der Waals surface area contributed by atoms with Crippen molar-refractivity contribution in [2.75, 3.05) is 17.7 Å². The Hall–Kier alpha value is -1.92.